The van der Waals surface area contributed by atoms with Gasteiger partial charge in [-0.05, 0) is 12.8 Å². The van der Waals surface area contributed by atoms with Crippen molar-refractivity contribution in [3.63, 3.8) is 0 Å². The number of carbonyl (C=O) groups is 4. The van der Waals surface area contributed by atoms with Crippen LogP contribution < -0.4 is 0 Å². The second-order valence-electron chi connectivity index (χ2n) is 3.60. The normalized spacial score (nSPS) is 21.4. The first kappa shape index (κ1) is 16.9. The van der Waals surface area contributed by atoms with E-state index in [2.05, 4.69) is 0 Å². The Balaban J connectivity index is 0.000000344. The van der Waals surface area contributed by atoms with Crippen LogP contribution in [0.3, 0.4) is 0 Å². The molecule has 1 aliphatic carbocycles. The maximum atomic E-state index is 10.2. The molecule has 0 aromatic carbocycles. The van der Waals surface area contributed by atoms with Crippen molar-refractivity contribution >= 4 is 35.5 Å². The van der Waals surface area contributed by atoms with Crippen LogP contribution in [-0.2, 0) is 19.2 Å². The molecule has 0 aromatic rings. The molecule has 9 heteroatoms. The highest BCUT2D eigenvalue weighted by molar-refractivity contribution is 6.42. The summed E-state index contributed by atoms with van der Waals surface area (Å²) in [5.74, 6) is -6.08. The summed E-state index contributed by atoms with van der Waals surface area (Å²) in [5.41, 5.74) is 0. The van der Waals surface area contributed by atoms with Crippen LogP contribution in [0, 0.1) is 11.8 Å². The first-order valence-corrected chi connectivity index (χ1v) is 5.33. The van der Waals surface area contributed by atoms with Crippen LogP contribution in [0.1, 0.15) is 12.8 Å². The van der Waals surface area contributed by atoms with Crippen LogP contribution in [0.2, 0.25) is 0 Å². The minimum atomic E-state index is -1.45. The third-order valence-electron chi connectivity index (χ3n) is 2.36. The average Bonchev–Trinajstić information content (AvgIpc) is 2.12. The van der Waals surface area contributed by atoms with E-state index in [1.54, 1.807) is 0 Å². The Kier molecular flexibility index (Phi) is 6.56. The predicted octanol–water partition coefficient (Wildman–Crippen LogP) is 0.460. The molecule has 2 unspecified atom stereocenters. The van der Waals surface area contributed by atoms with Crippen LogP contribution in [0.4, 0.5) is 0 Å². The summed E-state index contributed by atoms with van der Waals surface area (Å²) in [6.45, 7) is 0. The van der Waals surface area contributed by atoms with E-state index in [1.165, 1.54) is 0 Å². The molecule has 8 nitrogen and oxygen atoms in total. The Bertz CT molecular complexity index is 407. The third kappa shape index (κ3) is 5.87. The first-order valence-electron chi connectivity index (χ1n) is 4.95. The molecule has 0 aromatic heterocycles. The van der Waals surface area contributed by atoms with Gasteiger partial charge in [-0.25, -0.2) is 9.59 Å². The van der Waals surface area contributed by atoms with E-state index < -0.39 is 40.7 Å². The van der Waals surface area contributed by atoms with Crippen LogP contribution in [0.25, 0.3) is 0 Å². The summed E-state index contributed by atoms with van der Waals surface area (Å²) >= 11 is 4.89. The van der Waals surface area contributed by atoms with Crippen LogP contribution in [0.15, 0.2) is 11.1 Å². The fourth-order valence-corrected chi connectivity index (χ4v) is 1.35. The van der Waals surface area contributed by atoms with Crippen LogP contribution in [-0.4, -0.2) is 44.3 Å². The van der Waals surface area contributed by atoms with Gasteiger partial charge in [0.25, 0.3) is 0 Å². The van der Waals surface area contributed by atoms with Crippen molar-refractivity contribution in [1.82, 2.24) is 0 Å². The number of rotatable bonds is 4. The maximum Gasteiger partial charge on any atom is 0.347 e. The molecule has 0 radical (unpaired) electrons. The molecular formula is C10H11ClO8. The average molecular weight is 295 g/mol. The van der Waals surface area contributed by atoms with Gasteiger partial charge in [0.15, 0.2) is 0 Å². The van der Waals surface area contributed by atoms with Gasteiger partial charge in [-0.3, -0.25) is 9.59 Å². The van der Waals surface area contributed by atoms with E-state index in [1.807, 2.05) is 0 Å². The molecular weight excluding hydrogens is 284 g/mol. The van der Waals surface area contributed by atoms with E-state index in [0.717, 1.165) is 0 Å². The molecule has 1 rings (SSSR count). The monoisotopic (exact) mass is 294 g/mol. The quantitative estimate of drug-likeness (QED) is 0.546. The molecule has 0 spiro atoms. The molecule has 1 saturated carbocycles. The van der Waals surface area contributed by atoms with E-state index >= 15 is 0 Å². The molecule has 0 bridgehead atoms. The summed E-state index contributed by atoms with van der Waals surface area (Å²) in [7, 11) is 0. The van der Waals surface area contributed by atoms with Gasteiger partial charge in [0.2, 0.25) is 0 Å². The highest BCUT2D eigenvalue weighted by atomic mass is 35.5. The number of halogens is 1. The lowest BCUT2D eigenvalue weighted by Crippen LogP contribution is -2.37. The SMILES string of the molecule is O=C(O)C1CCC1C(=O)O.O=C(O)C=C(Cl)C(=O)O. The van der Waals surface area contributed by atoms with Crippen molar-refractivity contribution < 1.29 is 39.6 Å². The van der Waals surface area contributed by atoms with E-state index in [4.69, 9.17) is 32.0 Å². The molecule has 0 saturated heterocycles. The van der Waals surface area contributed by atoms with E-state index in [0.29, 0.717) is 18.9 Å². The van der Waals surface area contributed by atoms with Crippen molar-refractivity contribution in [1.29, 1.82) is 0 Å². The zero-order valence-corrected chi connectivity index (χ0v) is 10.2. The molecule has 4 N–H and O–H groups in total. The van der Waals surface area contributed by atoms with Crippen LogP contribution in [0.5, 0.6) is 0 Å². The van der Waals surface area contributed by atoms with Gasteiger partial charge in [0.1, 0.15) is 5.03 Å². The third-order valence-corrected chi connectivity index (χ3v) is 2.63. The summed E-state index contributed by atoms with van der Waals surface area (Å²) in [5, 5.41) is 31.9. The molecule has 0 aliphatic heterocycles. The smallest absolute Gasteiger partial charge is 0.347 e. The minimum absolute atomic E-state index is 0.407. The molecule has 1 aliphatic rings. The maximum absolute atomic E-state index is 10.2. The van der Waals surface area contributed by atoms with Gasteiger partial charge in [0, 0.05) is 6.08 Å². The molecule has 2 atom stereocenters. The summed E-state index contributed by atoms with van der Waals surface area (Å²) in [4.78, 5) is 39.9. The lowest BCUT2D eigenvalue weighted by molar-refractivity contribution is -0.160. The largest absolute Gasteiger partial charge is 0.481 e. The van der Waals surface area contributed by atoms with Gasteiger partial charge >= 0.3 is 23.9 Å². The highest BCUT2D eigenvalue weighted by Crippen LogP contribution is 2.34. The van der Waals surface area contributed by atoms with Gasteiger partial charge < -0.3 is 20.4 Å². The zero-order chi connectivity index (χ0) is 15.2. The first-order chi connectivity index (χ1) is 8.66. The second kappa shape index (κ2) is 7.37. The van der Waals surface area contributed by atoms with Crippen molar-refractivity contribution in [2.75, 3.05) is 0 Å². The Morgan fingerprint density at radius 2 is 1.26 bits per heavy atom. The minimum Gasteiger partial charge on any atom is -0.481 e. The number of hydrogen-bond donors (Lipinski definition) is 4. The highest BCUT2D eigenvalue weighted by Gasteiger charge is 2.41. The number of carboxylic acids is 4. The second-order valence-corrected chi connectivity index (χ2v) is 4.01. The van der Waals surface area contributed by atoms with Gasteiger partial charge in [0.05, 0.1) is 11.8 Å². The summed E-state index contributed by atoms with van der Waals surface area (Å²) in [6.07, 6.45) is 1.42. The van der Waals surface area contributed by atoms with Gasteiger partial charge in [-0.15, -0.1) is 0 Å². The molecule has 0 amide bonds. The standard InChI is InChI=1S/C6H8O4.C4H3ClO4/c7-5(8)3-1-2-4(3)6(9)10;5-2(4(8)9)1-3(6)7/h3-4H,1-2H2,(H,7,8)(H,9,10);1H,(H,6,7)(H,8,9). The topological polar surface area (TPSA) is 149 Å². The molecule has 0 heterocycles. The summed E-state index contributed by atoms with van der Waals surface area (Å²) in [6, 6.07) is 0. The van der Waals surface area contributed by atoms with Gasteiger partial charge in [-0.2, -0.15) is 0 Å². The molecule has 1 fully saturated rings. The Morgan fingerprint density at radius 1 is 0.895 bits per heavy atom. The van der Waals surface area contributed by atoms with E-state index in [-0.39, 0.29) is 0 Å². The number of hydrogen-bond acceptors (Lipinski definition) is 4. The lowest BCUT2D eigenvalue weighted by atomic mass is 9.74. The Morgan fingerprint density at radius 3 is 1.37 bits per heavy atom. The fraction of sp³-hybridized carbons (Fsp3) is 0.400. The molecule has 19 heavy (non-hydrogen) atoms. The zero-order valence-electron chi connectivity index (χ0n) is 9.45. The van der Waals surface area contributed by atoms with Crippen molar-refractivity contribution in [3.05, 3.63) is 11.1 Å². The Labute approximate surface area is 111 Å². The molecule has 106 valence electrons. The summed E-state index contributed by atoms with van der Waals surface area (Å²) < 4.78 is 0. The lowest BCUT2D eigenvalue weighted by Gasteiger charge is -2.29. The number of aliphatic carboxylic acids is 4. The van der Waals surface area contributed by atoms with Gasteiger partial charge in [-0.1, -0.05) is 11.6 Å². The number of carboxylic acid groups (broad SMARTS) is 4. The predicted molar refractivity (Wildman–Crippen MR) is 60.7 cm³/mol. The van der Waals surface area contributed by atoms with Crippen LogP contribution >= 0.6 is 11.6 Å². The van der Waals surface area contributed by atoms with E-state index in [9.17, 15) is 19.2 Å². The fourth-order valence-electron chi connectivity index (χ4n) is 1.26. The van der Waals surface area contributed by atoms with Crippen molar-refractivity contribution in [2.45, 2.75) is 12.8 Å². The van der Waals surface area contributed by atoms with Crippen molar-refractivity contribution in [2.24, 2.45) is 11.8 Å². The Hall–Kier alpha value is -2.09. The van der Waals surface area contributed by atoms with Crippen molar-refractivity contribution in [3.8, 4) is 0 Å².